The fourth-order valence-electron chi connectivity index (χ4n) is 2.55. The van der Waals surface area contributed by atoms with Crippen LogP contribution in [0.3, 0.4) is 0 Å². The molecule has 0 aromatic rings. The Balaban J connectivity index is 2.37. The third kappa shape index (κ3) is 0.725. The van der Waals surface area contributed by atoms with Gasteiger partial charge in [0, 0.05) is 6.42 Å². The summed E-state index contributed by atoms with van der Waals surface area (Å²) in [6, 6.07) is 0. The van der Waals surface area contributed by atoms with Crippen molar-refractivity contribution in [3.63, 3.8) is 0 Å². The summed E-state index contributed by atoms with van der Waals surface area (Å²) in [4.78, 5) is 22.6. The van der Waals surface area contributed by atoms with E-state index in [0.717, 1.165) is 19.3 Å². The maximum Gasteiger partial charge on any atom is 0.146 e. The van der Waals surface area contributed by atoms with E-state index < -0.39 is 5.41 Å². The van der Waals surface area contributed by atoms with E-state index in [0.29, 0.717) is 12.3 Å². The molecule has 0 heterocycles. The predicted molar refractivity (Wildman–Crippen MR) is 40.1 cm³/mol. The number of Topliss-reactive ketones (excluding diaryl/α,β-unsaturated/α-hetero) is 2. The van der Waals surface area contributed by atoms with E-state index in [1.807, 2.05) is 0 Å². The second kappa shape index (κ2) is 1.93. The van der Waals surface area contributed by atoms with Crippen LogP contribution in [-0.2, 0) is 9.59 Å². The van der Waals surface area contributed by atoms with Gasteiger partial charge in [-0.1, -0.05) is 0 Å². The fraction of sp³-hybridized carbons (Fsp3) is 0.778. The largest absolute Gasteiger partial charge is 0.299 e. The van der Waals surface area contributed by atoms with Gasteiger partial charge in [-0.25, -0.2) is 0 Å². The Kier molecular flexibility index (Phi) is 1.23. The van der Waals surface area contributed by atoms with E-state index in [4.69, 9.17) is 0 Å². The van der Waals surface area contributed by atoms with Crippen molar-refractivity contribution in [2.75, 3.05) is 0 Å². The van der Waals surface area contributed by atoms with Crippen molar-refractivity contribution in [2.45, 2.75) is 32.6 Å². The van der Waals surface area contributed by atoms with Crippen LogP contribution in [0, 0.1) is 11.3 Å². The van der Waals surface area contributed by atoms with Gasteiger partial charge in [0.05, 0.1) is 5.41 Å². The highest BCUT2D eigenvalue weighted by molar-refractivity contribution is 6.08. The topological polar surface area (TPSA) is 34.1 Å². The molecular formula is C9H12O2. The molecule has 2 aliphatic carbocycles. The summed E-state index contributed by atoms with van der Waals surface area (Å²) in [5.41, 5.74) is -0.509. The van der Waals surface area contributed by atoms with Gasteiger partial charge in [-0.3, -0.25) is 9.59 Å². The van der Waals surface area contributed by atoms with Crippen molar-refractivity contribution >= 4 is 11.6 Å². The number of carbonyl (C=O) groups is 2. The van der Waals surface area contributed by atoms with E-state index in [9.17, 15) is 9.59 Å². The van der Waals surface area contributed by atoms with Crippen LogP contribution in [0.1, 0.15) is 32.6 Å². The molecule has 0 aromatic heterocycles. The number of hydrogen-bond acceptors (Lipinski definition) is 2. The number of hydrogen-bond donors (Lipinski definition) is 0. The highest BCUT2D eigenvalue weighted by Gasteiger charge is 2.54. The molecule has 0 aromatic carbocycles. The summed E-state index contributed by atoms with van der Waals surface area (Å²) in [5, 5.41) is 0. The molecule has 2 heteroatoms. The highest BCUT2D eigenvalue weighted by atomic mass is 16.2. The molecule has 2 rings (SSSR count). The molecule has 2 bridgehead atoms. The molecule has 2 fully saturated rings. The monoisotopic (exact) mass is 152 g/mol. The zero-order chi connectivity index (χ0) is 8.06. The summed E-state index contributed by atoms with van der Waals surface area (Å²) in [7, 11) is 0. The minimum atomic E-state index is -0.509. The Morgan fingerprint density at radius 2 is 2.36 bits per heavy atom. The van der Waals surface area contributed by atoms with Crippen LogP contribution < -0.4 is 0 Å². The van der Waals surface area contributed by atoms with Gasteiger partial charge in [-0.05, 0) is 32.1 Å². The van der Waals surface area contributed by atoms with Crippen molar-refractivity contribution in [3.05, 3.63) is 0 Å². The first kappa shape index (κ1) is 7.01. The van der Waals surface area contributed by atoms with Crippen LogP contribution in [0.25, 0.3) is 0 Å². The molecule has 0 saturated heterocycles. The maximum absolute atomic E-state index is 11.4. The summed E-state index contributed by atoms with van der Waals surface area (Å²) >= 11 is 0. The number of fused-ring (bicyclic) bond motifs is 2. The zero-order valence-electron chi connectivity index (χ0n) is 6.72. The van der Waals surface area contributed by atoms with Gasteiger partial charge in [0.2, 0.25) is 0 Å². The Labute approximate surface area is 66.0 Å². The summed E-state index contributed by atoms with van der Waals surface area (Å²) in [5.74, 6) is 0.843. The van der Waals surface area contributed by atoms with E-state index in [2.05, 4.69) is 0 Å². The van der Waals surface area contributed by atoms with Crippen molar-refractivity contribution in [3.8, 4) is 0 Å². The van der Waals surface area contributed by atoms with Crippen molar-refractivity contribution in [1.82, 2.24) is 0 Å². The van der Waals surface area contributed by atoms with Crippen LogP contribution in [-0.4, -0.2) is 11.6 Å². The van der Waals surface area contributed by atoms with E-state index >= 15 is 0 Å². The molecular weight excluding hydrogens is 140 g/mol. The van der Waals surface area contributed by atoms with Crippen molar-refractivity contribution in [2.24, 2.45) is 11.3 Å². The number of ketones is 2. The molecule has 2 atom stereocenters. The fourth-order valence-corrected chi connectivity index (χ4v) is 2.55. The standard InChI is InChI=1S/C9H12O2/c1-6(10)9-3-2-7(5-9)4-8(9)11/h7H,2-5H2,1H3. The lowest BCUT2D eigenvalue weighted by Gasteiger charge is -2.20. The molecule has 11 heavy (non-hydrogen) atoms. The van der Waals surface area contributed by atoms with Crippen LogP contribution in [0.4, 0.5) is 0 Å². The van der Waals surface area contributed by atoms with Crippen molar-refractivity contribution < 1.29 is 9.59 Å². The number of rotatable bonds is 1. The summed E-state index contributed by atoms with van der Waals surface area (Å²) < 4.78 is 0. The summed E-state index contributed by atoms with van der Waals surface area (Å²) in [6.07, 6.45) is 3.43. The molecule has 2 nitrogen and oxygen atoms in total. The minimum absolute atomic E-state index is 0.0995. The first-order valence-corrected chi connectivity index (χ1v) is 4.19. The average molecular weight is 152 g/mol. The first-order chi connectivity index (χ1) is 5.15. The quantitative estimate of drug-likeness (QED) is 0.531. The zero-order valence-corrected chi connectivity index (χ0v) is 6.72. The molecule has 60 valence electrons. The molecule has 0 N–H and O–H groups in total. The van der Waals surface area contributed by atoms with Gasteiger partial charge < -0.3 is 0 Å². The smallest absolute Gasteiger partial charge is 0.146 e. The molecule has 2 aliphatic rings. The lowest BCUT2D eigenvalue weighted by Crippen LogP contribution is -2.32. The van der Waals surface area contributed by atoms with Crippen LogP contribution in [0.15, 0.2) is 0 Å². The maximum atomic E-state index is 11.4. The van der Waals surface area contributed by atoms with E-state index in [-0.39, 0.29) is 11.6 Å². The normalized spacial score (nSPS) is 41.5. The Morgan fingerprint density at radius 3 is 2.64 bits per heavy atom. The second-order valence-corrected chi connectivity index (χ2v) is 3.87. The van der Waals surface area contributed by atoms with Gasteiger partial charge in [-0.2, -0.15) is 0 Å². The number of carbonyl (C=O) groups excluding carboxylic acids is 2. The van der Waals surface area contributed by atoms with Gasteiger partial charge in [0.25, 0.3) is 0 Å². The van der Waals surface area contributed by atoms with Gasteiger partial charge >= 0.3 is 0 Å². The molecule has 0 spiro atoms. The lowest BCUT2D eigenvalue weighted by atomic mass is 9.80. The molecule has 2 unspecified atom stereocenters. The summed E-state index contributed by atoms with van der Waals surface area (Å²) in [6.45, 7) is 1.56. The van der Waals surface area contributed by atoms with Crippen molar-refractivity contribution in [1.29, 1.82) is 0 Å². The van der Waals surface area contributed by atoms with Gasteiger partial charge in [0.15, 0.2) is 0 Å². The average Bonchev–Trinajstić information content (AvgIpc) is 2.43. The van der Waals surface area contributed by atoms with Crippen LogP contribution in [0.5, 0.6) is 0 Å². The third-order valence-corrected chi connectivity index (χ3v) is 3.30. The van der Waals surface area contributed by atoms with Crippen LogP contribution >= 0.6 is 0 Å². The Bertz CT molecular complexity index is 232. The Morgan fingerprint density at radius 1 is 1.64 bits per heavy atom. The third-order valence-electron chi connectivity index (χ3n) is 3.30. The minimum Gasteiger partial charge on any atom is -0.299 e. The van der Waals surface area contributed by atoms with Crippen LogP contribution in [0.2, 0.25) is 0 Å². The molecule has 0 radical (unpaired) electrons. The second-order valence-electron chi connectivity index (χ2n) is 3.87. The highest BCUT2D eigenvalue weighted by Crippen LogP contribution is 2.51. The van der Waals surface area contributed by atoms with Gasteiger partial charge in [-0.15, -0.1) is 0 Å². The Hall–Kier alpha value is -0.660. The molecule has 2 saturated carbocycles. The molecule has 0 amide bonds. The van der Waals surface area contributed by atoms with Gasteiger partial charge in [0.1, 0.15) is 11.6 Å². The van der Waals surface area contributed by atoms with E-state index in [1.54, 1.807) is 6.92 Å². The molecule has 0 aliphatic heterocycles. The predicted octanol–water partition coefficient (Wildman–Crippen LogP) is 1.33. The van der Waals surface area contributed by atoms with E-state index in [1.165, 1.54) is 0 Å². The first-order valence-electron chi connectivity index (χ1n) is 4.19. The lowest BCUT2D eigenvalue weighted by molar-refractivity contribution is -0.137. The SMILES string of the molecule is CC(=O)C12CCC(CC1=O)C2.